The van der Waals surface area contributed by atoms with E-state index in [2.05, 4.69) is 0 Å². The highest BCUT2D eigenvalue weighted by Crippen LogP contribution is 2.41. The number of aryl methyl sites for hydroxylation is 21. The SMILES string of the molecule is [2H]C([2H])([2H])c1cc(C)c(-c2cc(-c3c(C([2H])([2H])[2H])cc(C)cc3C([2H])([2H])[2H])cc[n+]2C)cc1-c1ccccc1.[2H]C([2H])([2H])c1cc(C)c(-c2cc(-c3c(C([2H])([2H])[2H])cccc3C([2H])([2H])[2H])c(C([2H])([2H])[2H])c[n+]2C)cc1-c1ccccc1.[2H]C([2H])([2H])c1cc(C)c(-c2cc(-c3ccccc3)c(C([2H])([2H])[2H])c[n+]2C)cc1-c1ccccc1.[2H]C([2H])([2H])c1cc(C)c(-c2cc(-c3ccccc3C([2H])([2H])[2H])c(C([2H])([2H])[2H])c[n+]2C)cc1-c1ccccc1. The van der Waals surface area contributed by atoms with Gasteiger partial charge in [0.2, 0.25) is 22.8 Å². The van der Waals surface area contributed by atoms with Crippen LogP contribution in [0.4, 0.5) is 0 Å². The zero-order chi connectivity index (χ0) is 113. The Hall–Kier alpha value is -12.8. The standard InChI is InChI=1S/2C29H30N.C28H28N.C27H26N/c1-19-11-10-12-20(2)29(19)27-17-28(30(6)18-23(27)5)26-16-25(21(3)15-22(26)4)24-13-8-7-9-14-24;1-19-14-22(4)29(23(5)15-19)25-12-13-30(6)28(17-25)27-18-26(20(2)16-21(27)3)24-10-8-7-9-11-24;1-19-11-9-10-14-24(19)26-17-28(29(5)18-22(26)4)27-16-25(20(2)15-21(27)3)23-12-7-6-8-13-23;1-19-15-20(2)26(16-24(19)22-11-7-5-8-12-22)27-17-25(21(3)18-28(27)4)23-13-9-6-10-14-23/h2*7-18H,1-6H3;6-18H,1-5H3;5-18H,1-4H3/q4*+1/i1D3,2D3,3D3,5D3;2D3,4D3,5D3;1D3,2D3,4D3;1D3,3D3. The lowest BCUT2D eigenvalue weighted by molar-refractivity contribution is -0.660. The molecule has 12 aromatic carbocycles. The Balaban J connectivity index is 0.000000170. The van der Waals surface area contributed by atoms with Gasteiger partial charge in [0, 0.05) is 119 Å². The van der Waals surface area contributed by atoms with Gasteiger partial charge in [0.05, 0.1) is 0 Å². The lowest BCUT2D eigenvalue weighted by Crippen LogP contribution is -2.31. The topological polar surface area (TPSA) is 15.5 Å². The summed E-state index contributed by atoms with van der Waals surface area (Å²) >= 11 is 0. The van der Waals surface area contributed by atoms with Crippen molar-refractivity contribution >= 4 is 0 Å². The Bertz CT molecular complexity index is 7620. The van der Waals surface area contributed by atoms with E-state index in [0.29, 0.717) is 101 Å². The van der Waals surface area contributed by atoms with Crippen molar-refractivity contribution in [2.45, 2.75) is 117 Å². The molecule has 0 atom stereocenters. The molecule has 0 radical (unpaired) electrons. The van der Waals surface area contributed by atoms with E-state index in [1.807, 2.05) is 191 Å². The number of rotatable bonds is 12. The van der Waals surface area contributed by atoms with E-state index in [0.717, 1.165) is 50.2 Å². The summed E-state index contributed by atoms with van der Waals surface area (Å²) in [6, 6.07) is 82.3. The minimum Gasteiger partial charge on any atom is -0.201 e. The summed E-state index contributed by atoms with van der Waals surface area (Å²) in [4.78, 5) is 0. The summed E-state index contributed by atoms with van der Waals surface area (Å²) in [6.45, 7) is -20.9. The minimum atomic E-state index is -2.74. The second kappa shape index (κ2) is 36.0. The molecule has 0 saturated carbocycles. The van der Waals surface area contributed by atoms with E-state index >= 15 is 0 Å². The normalized spacial score (nSPS) is 16.8. The number of nitrogens with zero attached hydrogens (tertiary/aromatic N) is 4. The number of aromatic nitrogens is 4. The first-order valence-corrected chi connectivity index (χ1v) is 38.2. The van der Waals surface area contributed by atoms with Crippen molar-refractivity contribution in [2.24, 2.45) is 28.2 Å². The third-order valence-electron chi connectivity index (χ3n) is 21.1. The molecule has 4 heteroatoms. The van der Waals surface area contributed by atoms with E-state index in [1.54, 1.807) is 145 Å². The van der Waals surface area contributed by atoms with Gasteiger partial charge in [-0.3, -0.25) is 0 Å². The molecule has 0 amide bonds. The molecule has 0 N–H and O–H groups in total. The van der Waals surface area contributed by atoms with E-state index < -0.39 is 82.2 Å². The number of hydrogen-bond donors (Lipinski definition) is 0. The van der Waals surface area contributed by atoms with Gasteiger partial charge in [0.15, 0.2) is 24.8 Å². The van der Waals surface area contributed by atoms with Gasteiger partial charge in [-0.15, -0.1) is 0 Å². The maximum absolute atomic E-state index is 8.25. The second-order valence-electron chi connectivity index (χ2n) is 29.4. The summed E-state index contributed by atoms with van der Waals surface area (Å²) in [6.07, 6.45) is 6.28. The van der Waals surface area contributed by atoms with Crippen LogP contribution in [0.25, 0.3) is 134 Å². The van der Waals surface area contributed by atoms with Crippen LogP contribution in [0.3, 0.4) is 0 Å². The van der Waals surface area contributed by atoms with Crippen molar-refractivity contribution in [3.8, 4) is 134 Å². The molecule has 0 saturated heterocycles. The van der Waals surface area contributed by atoms with Crippen molar-refractivity contribution in [2.75, 3.05) is 0 Å². The molecule has 16 aromatic rings. The predicted octanol–water partition coefficient (Wildman–Crippen LogP) is 27.3. The molecule has 582 valence electrons. The highest BCUT2D eigenvalue weighted by molar-refractivity contribution is 5.84. The molecule has 0 bridgehead atoms. The number of benzene rings is 12. The highest BCUT2D eigenvalue weighted by atomic mass is 14.9. The first-order chi connectivity index (χ1) is 70.7. The fourth-order valence-electron chi connectivity index (χ4n) is 15.0. The first kappa shape index (κ1) is 47.9. The van der Waals surface area contributed by atoms with Gasteiger partial charge in [-0.05, 0) is 302 Å². The van der Waals surface area contributed by atoms with Gasteiger partial charge < -0.3 is 0 Å². The van der Waals surface area contributed by atoms with Gasteiger partial charge in [-0.2, -0.15) is 0 Å². The summed E-state index contributed by atoms with van der Waals surface area (Å²) in [5.41, 5.74) is 17.0. The van der Waals surface area contributed by atoms with Crippen LogP contribution in [0.2, 0.25) is 0 Å². The number of pyridine rings is 4. The summed E-state index contributed by atoms with van der Waals surface area (Å²) in [7, 11) is 7.01. The van der Waals surface area contributed by atoms with Crippen molar-refractivity contribution in [1.29, 1.82) is 0 Å². The second-order valence-corrected chi connectivity index (χ2v) is 29.4. The third kappa shape index (κ3) is 18.2. The monoisotopic (exact) mass is 1560 g/mol. The summed E-state index contributed by atoms with van der Waals surface area (Å²) < 4.78 is 300. The van der Waals surface area contributed by atoms with Crippen LogP contribution >= 0.6 is 0 Å². The van der Waals surface area contributed by atoms with Crippen LogP contribution in [0.1, 0.15) is 144 Å². The van der Waals surface area contributed by atoms with Gasteiger partial charge >= 0.3 is 0 Å². The largest absolute Gasteiger partial charge is 0.213 e. The zero-order valence-corrected chi connectivity index (χ0v) is 66.7. The van der Waals surface area contributed by atoms with Crippen molar-refractivity contribution in [1.82, 2.24) is 0 Å². The molecule has 4 nitrogen and oxygen atoms in total. The Morgan fingerprint density at radius 1 is 0.179 bits per heavy atom. The van der Waals surface area contributed by atoms with Crippen LogP contribution in [-0.2, 0) is 28.2 Å². The maximum Gasteiger partial charge on any atom is 0.213 e. The lowest BCUT2D eigenvalue weighted by atomic mass is 9.90. The lowest BCUT2D eigenvalue weighted by Gasteiger charge is -2.15. The van der Waals surface area contributed by atoms with Crippen LogP contribution in [0, 0.1) is 117 Å². The van der Waals surface area contributed by atoms with Crippen LogP contribution < -0.4 is 18.3 Å². The molecule has 0 aliphatic rings. The molecule has 0 spiro atoms. The smallest absolute Gasteiger partial charge is 0.201 e. The molecule has 0 aliphatic heterocycles. The van der Waals surface area contributed by atoms with Crippen LogP contribution in [0.5, 0.6) is 0 Å². The fraction of sp³-hybridized carbons (Fsp3) is 0.186. The van der Waals surface area contributed by atoms with Gasteiger partial charge in [0.1, 0.15) is 28.2 Å². The highest BCUT2D eigenvalue weighted by Gasteiger charge is 2.25. The van der Waals surface area contributed by atoms with E-state index in [9.17, 15) is 0 Å². The van der Waals surface area contributed by atoms with Crippen LogP contribution in [-0.4, -0.2) is 0 Å². The number of hydrogen-bond acceptors (Lipinski definition) is 0. The predicted molar refractivity (Wildman–Crippen MR) is 496 cm³/mol. The van der Waals surface area contributed by atoms with Gasteiger partial charge in [-0.25, -0.2) is 18.3 Å². The Labute approximate surface area is 748 Å². The molecular weight excluding hydrogens is 1410 g/mol. The molecule has 16 rings (SSSR count). The zero-order valence-electron chi connectivity index (χ0n) is 103. The van der Waals surface area contributed by atoms with E-state index in [-0.39, 0.29) is 77.9 Å². The average molecular weight is 1560 g/mol. The average Bonchev–Trinajstić information content (AvgIpc) is 0.590. The summed E-state index contributed by atoms with van der Waals surface area (Å²) in [5.74, 6) is 0. The molecular formula is C113H114N4+4. The molecule has 0 unspecified atom stereocenters. The molecule has 0 aliphatic carbocycles. The molecule has 0 fully saturated rings. The van der Waals surface area contributed by atoms with Crippen molar-refractivity contribution in [3.63, 3.8) is 0 Å². The Kier molecular flexibility index (Phi) is 14.7. The summed E-state index contributed by atoms with van der Waals surface area (Å²) in [5, 5.41) is 0. The first-order valence-electron chi connectivity index (χ1n) is 56.2. The molecule has 4 heterocycles. The van der Waals surface area contributed by atoms with Crippen LogP contribution in [0.15, 0.2) is 310 Å². The van der Waals surface area contributed by atoms with Gasteiger partial charge in [-0.1, -0.05) is 236 Å². The minimum absolute atomic E-state index is 0.0205. The fourth-order valence-corrected chi connectivity index (χ4v) is 15.0. The van der Waals surface area contributed by atoms with Crippen molar-refractivity contribution < 1.29 is 67.6 Å². The molecule has 117 heavy (non-hydrogen) atoms. The third-order valence-corrected chi connectivity index (χ3v) is 21.1. The van der Waals surface area contributed by atoms with E-state index in [4.69, 9.17) is 49.3 Å². The quantitative estimate of drug-likeness (QED) is 0.108. The van der Waals surface area contributed by atoms with E-state index in [1.165, 1.54) is 54.9 Å². The Morgan fingerprint density at radius 2 is 0.470 bits per heavy atom. The maximum atomic E-state index is 8.25. The van der Waals surface area contributed by atoms with Gasteiger partial charge in [0.25, 0.3) is 0 Å². The van der Waals surface area contributed by atoms with Crippen molar-refractivity contribution in [3.05, 3.63) is 404 Å². The Morgan fingerprint density at radius 3 is 0.829 bits per heavy atom. The molecule has 4 aromatic heterocycles.